The lowest BCUT2D eigenvalue weighted by atomic mass is 10.0. The molecule has 2 atom stereocenters. The summed E-state index contributed by atoms with van der Waals surface area (Å²) in [5.41, 5.74) is 3.75. The van der Waals surface area contributed by atoms with E-state index in [0.29, 0.717) is 30.6 Å². The van der Waals surface area contributed by atoms with Crippen molar-refractivity contribution in [3.05, 3.63) is 72.4 Å². The Morgan fingerprint density at radius 1 is 1.22 bits per heavy atom. The molecule has 2 aromatic rings. The molecule has 0 saturated carbocycles. The number of hydrogen-bond donors (Lipinski definition) is 1. The number of cyclic esters (lactones) is 1. The number of ether oxygens (including phenoxy) is 4. The van der Waals surface area contributed by atoms with Crippen molar-refractivity contribution in [2.45, 2.75) is 31.4 Å². The number of carbonyl (C=O) groups is 1. The maximum atomic E-state index is 12.6. The molecule has 2 aromatic heterocycles. The molecule has 4 aliphatic rings. The van der Waals surface area contributed by atoms with Crippen molar-refractivity contribution in [3.8, 4) is 5.88 Å². The third kappa shape index (κ3) is 4.84. The van der Waals surface area contributed by atoms with Crippen LogP contribution >= 0.6 is 0 Å². The van der Waals surface area contributed by atoms with Crippen molar-refractivity contribution in [1.29, 1.82) is 0 Å². The highest BCUT2D eigenvalue weighted by Gasteiger charge is 2.37. The van der Waals surface area contributed by atoms with E-state index in [1.807, 2.05) is 36.5 Å². The van der Waals surface area contributed by atoms with E-state index < -0.39 is 6.09 Å². The van der Waals surface area contributed by atoms with Crippen LogP contribution in [-0.4, -0.2) is 66.4 Å². The Morgan fingerprint density at radius 2 is 2.16 bits per heavy atom. The molecule has 10 nitrogen and oxygen atoms in total. The SMILES string of the molecule is COc1ccc2nccc(N3CCC(NC[C@@H]4CN(C5=COC=C(C6=CC=CCC6)O5)C(=O)O4)C3)c2n1. The van der Waals surface area contributed by atoms with E-state index in [0.717, 1.165) is 54.6 Å². The molecule has 0 bridgehead atoms. The fourth-order valence-electron chi connectivity index (χ4n) is 5.00. The zero-order valence-electron chi connectivity index (χ0n) is 20.6. The first-order chi connectivity index (χ1) is 18.2. The number of hydrogen-bond acceptors (Lipinski definition) is 9. The second-order valence-electron chi connectivity index (χ2n) is 9.34. The lowest BCUT2D eigenvalue weighted by molar-refractivity contribution is 0.118. The third-order valence-electron chi connectivity index (χ3n) is 6.94. The fourth-order valence-corrected chi connectivity index (χ4v) is 5.00. The standard InChI is InChI=1S/C27H29N5O5/c1-34-24-8-7-21-26(30-24)22(9-11-28-21)31-12-10-19(14-31)29-13-20-15-32(27(33)36-20)25-17-35-16-23(37-25)18-5-3-2-4-6-18/h2-3,5,7-9,11,16-17,19-20,29H,4,6,10,12-15H2,1H3/t19?,20-/m1/s1. The molecule has 192 valence electrons. The van der Waals surface area contributed by atoms with Gasteiger partial charge in [0.05, 0.1) is 24.9 Å². The predicted octanol–water partition coefficient (Wildman–Crippen LogP) is 3.59. The quantitative estimate of drug-likeness (QED) is 0.608. The van der Waals surface area contributed by atoms with Crippen molar-refractivity contribution < 1.29 is 23.7 Å². The summed E-state index contributed by atoms with van der Waals surface area (Å²) < 4.78 is 22.4. The number of nitrogens with one attached hydrogen (secondary N) is 1. The number of amides is 1. The van der Waals surface area contributed by atoms with Crippen molar-refractivity contribution in [2.24, 2.45) is 0 Å². The van der Waals surface area contributed by atoms with E-state index >= 15 is 0 Å². The van der Waals surface area contributed by atoms with E-state index in [4.69, 9.17) is 18.9 Å². The smallest absolute Gasteiger partial charge is 0.417 e. The second kappa shape index (κ2) is 10.1. The fraction of sp³-hybridized carbons (Fsp3) is 0.370. The summed E-state index contributed by atoms with van der Waals surface area (Å²) in [6.07, 6.45) is 13.0. The molecule has 6 rings (SSSR count). The minimum absolute atomic E-state index is 0.260. The van der Waals surface area contributed by atoms with Gasteiger partial charge < -0.3 is 29.2 Å². The van der Waals surface area contributed by atoms with E-state index in [1.165, 1.54) is 11.2 Å². The van der Waals surface area contributed by atoms with Crippen LogP contribution in [0.15, 0.2) is 72.4 Å². The summed E-state index contributed by atoms with van der Waals surface area (Å²) in [5.74, 6) is 1.54. The Balaban J connectivity index is 1.04. The number of rotatable bonds is 7. The summed E-state index contributed by atoms with van der Waals surface area (Å²) in [7, 11) is 1.61. The highest BCUT2D eigenvalue weighted by Crippen LogP contribution is 2.30. The molecule has 0 spiro atoms. The van der Waals surface area contributed by atoms with Gasteiger partial charge in [0.1, 0.15) is 17.9 Å². The number of aromatic nitrogens is 2. The van der Waals surface area contributed by atoms with Gasteiger partial charge in [0, 0.05) is 37.9 Å². The first kappa shape index (κ1) is 23.4. The Kier molecular flexibility index (Phi) is 6.40. The molecule has 1 aliphatic carbocycles. The topological polar surface area (TPSA) is 98.3 Å². The highest BCUT2D eigenvalue weighted by atomic mass is 16.6. The average Bonchev–Trinajstić information content (AvgIpc) is 3.58. The van der Waals surface area contributed by atoms with E-state index in [1.54, 1.807) is 13.4 Å². The third-order valence-corrected chi connectivity index (χ3v) is 6.94. The van der Waals surface area contributed by atoms with Gasteiger partial charge in [0.15, 0.2) is 12.0 Å². The molecule has 5 heterocycles. The monoisotopic (exact) mass is 503 g/mol. The van der Waals surface area contributed by atoms with Crippen LogP contribution in [0.2, 0.25) is 0 Å². The largest absolute Gasteiger partial charge is 0.481 e. The minimum atomic E-state index is -0.434. The molecule has 1 unspecified atom stereocenters. The second-order valence-corrected chi connectivity index (χ2v) is 9.34. The predicted molar refractivity (Wildman–Crippen MR) is 136 cm³/mol. The van der Waals surface area contributed by atoms with Gasteiger partial charge in [-0.2, -0.15) is 0 Å². The van der Waals surface area contributed by atoms with Crippen LogP contribution in [0.25, 0.3) is 11.0 Å². The van der Waals surface area contributed by atoms with Gasteiger partial charge in [-0.15, -0.1) is 0 Å². The number of carbonyl (C=O) groups excluding carboxylic acids is 1. The van der Waals surface area contributed by atoms with E-state index in [-0.39, 0.29) is 12.1 Å². The number of methoxy groups -OCH3 is 1. The van der Waals surface area contributed by atoms with Crippen LogP contribution < -0.4 is 15.0 Å². The maximum Gasteiger partial charge on any atom is 0.417 e. The number of allylic oxidation sites excluding steroid dienone is 4. The molecular weight excluding hydrogens is 474 g/mol. The highest BCUT2D eigenvalue weighted by molar-refractivity contribution is 5.88. The lowest BCUT2D eigenvalue weighted by Crippen LogP contribution is -2.39. The molecule has 37 heavy (non-hydrogen) atoms. The van der Waals surface area contributed by atoms with Gasteiger partial charge >= 0.3 is 6.09 Å². The Hall–Kier alpha value is -4.05. The van der Waals surface area contributed by atoms with Gasteiger partial charge in [-0.05, 0) is 37.0 Å². The maximum absolute atomic E-state index is 12.6. The van der Waals surface area contributed by atoms with Crippen LogP contribution in [0.3, 0.4) is 0 Å². The van der Waals surface area contributed by atoms with Crippen LogP contribution in [0.1, 0.15) is 19.3 Å². The molecule has 0 radical (unpaired) electrons. The molecular formula is C27H29N5O5. The van der Waals surface area contributed by atoms with Crippen LogP contribution in [0.5, 0.6) is 5.88 Å². The molecule has 1 amide bonds. The zero-order valence-corrected chi connectivity index (χ0v) is 20.6. The van der Waals surface area contributed by atoms with Crippen molar-refractivity contribution >= 4 is 22.8 Å². The summed E-state index contributed by atoms with van der Waals surface area (Å²) in [6, 6.07) is 6.00. The molecule has 3 aliphatic heterocycles. The first-order valence-corrected chi connectivity index (χ1v) is 12.5. The lowest BCUT2D eigenvalue weighted by Gasteiger charge is -2.23. The number of pyridine rings is 2. The Labute approximate surface area is 214 Å². The minimum Gasteiger partial charge on any atom is -0.481 e. The normalized spacial score (nSPS) is 23.3. The van der Waals surface area contributed by atoms with Gasteiger partial charge in [0.2, 0.25) is 11.8 Å². The Bertz CT molecular complexity index is 1320. The number of nitrogens with zero attached hydrogens (tertiary/aromatic N) is 4. The Morgan fingerprint density at radius 3 is 3.03 bits per heavy atom. The van der Waals surface area contributed by atoms with Gasteiger partial charge in [0.25, 0.3) is 0 Å². The summed E-state index contributed by atoms with van der Waals surface area (Å²) >= 11 is 0. The summed E-state index contributed by atoms with van der Waals surface area (Å²) in [5, 5.41) is 3.57. The molecule has 1 N–H and O–H groups in total. The van der Waals surface area contributed by atoms with E-state index in [2.05, 4.69) is 26.3 Å². The molecule has 2 fully saturated rings. The van der Waals surface area contributed by atoms with Gasteiger partial charge in [-0.1, -0.05) is 18.2 Å². The van der Waals surface area contributed by atoms with Crippen LogP contribution in [0, 0.1) is 0 Å². The summed E-state index contributed by atoms with van der Waals surface area (Å²) in [6.45, 7) is 2.66. The molecule has 0 aromatic carbocycles. The van der Waals surface area contributed by atoms with Crippen molar-refractivity contribution in [2.75, 3.05) is 38.2 Å². The summed E-state index contributed by atoms with van der Waals surface area (Å²) in [4.78, 5) is 25.4. The average molecular weight is 504 g/mol. The zero-order chi connectivity index (χ0) is 25.2. The number of fused-ring (bicyclic) bond motifs is 1. The van der Waals surface area contributed by atoms with Crippen LogP contribution in [-0.2, 0) is 14.2 Å². The van der Waals surface area contributed by atoms with Crippen LogP contribution in [0.4, 0.5) is 10.5 Å². The van der Waals surface area contributed by atoms with Gasteiger partial charge in [-0.3, -0.25) is 4.98 Å². The van der Waals surface area contributed by atoms with Gasteiger partial charge in [-0.25, -0.2) is 14.7 Å². The van der Waals surface area contributed by atoms with E-state index in [9.17, 15) is 4.79 Å². The van der Waals surface area contributed by atoms with Crippen molar-refractivity contribution in [3.63, 3.8) is 0 Å². The van der Waals surface area contributed by atoms with Crippen molar-refractivity contribution in [1.82, 2.24) is 20.2 Å². The number of anilines is 1. The first-order valence-electron chi connectivity index (χ1n) is 12.5. The molecule has 2 saturated heterocycles. The molecule has 10 heteroatoms.